The first-order chi connectivity index (χ1) is 20.5. The predicted molar refractivity (Wildman–Crippen MR) is 174 cm³/mol. The molecule has 0 aliphatic heterocycles. The fourth-order valence-electron chi connectivity index (χ4n) is 4.62. The Bertz CT molecular complexity index is 699. The van der Waals surface area contributed by atoms with Crippen LogP contribution in [0.15, 0.2) is 36.5 Å². The van der Waals surface area contributed by atoms with Crippen LogP contribution in [0, 0.1) is 0 Å². The second-order valence-electron chi connectivity index (χ2n) is 11.4. The fraction of sp³-hybridized carbons (Fsp3) is 0.778. The van der Waals surface area contributed by atoms with Gasteiger partial charge in [0.2, 0.25) is 0 Å². The van der Waals surface area contributed by atoms with E-state index in [2.05, 4.69) is 32.1 Å². The van der Waals surface area contributed by atoms with Gasteiger partial charge in [0.25, 0.3) is 0 Å². The highest BCUT2D eigenvalue weighted by atomic mass is 16.6. The molecule has 2 N–H and O–H groups in total. The highest BCUT2D eigenvalue weighted by Gasteiger charge is 2.16. The minimum atomic E-state index is -0.857. The normalized spacial score (nSPS) is 13.3. The van der Waals surface area contributed by atoms with E-state index in [-0.39, 0.29) is 19.0 Å². The minimum Gasteiger partial charge on any atom is -0.462 e. The molecule has 0 amide bonds. The SMILES string of the molecule is CCCCCCCC/C=C/C/C=C/C=C/C(O)CCCC(=O)O[C@@H](CO)COC(=O)CCCCCCCCCCCC. The molecular weight excluding hydrogens is 528 g/mol. The average Bonchev–Trinajstić information content (AvgIpc) is 2.98. The number of esters is 2. The lowest BCUT2D eigenvalue weighted by atomic mass is 10.1. The molecule has 0 heterocycles. The molecule has 0 aliphatic carbocycles. The monoisotopic (exact) mass is 592 g/mol. The minimum absolute atomic E-state index is 0.132. The van der Waals surface area contributed by atoms with Crippen molar-refractivity contribution in [2.24, 2.45) is 0 Å². The molecule has 244 valence electrons. The number of hydrogen-bond donors (Lipinski definition) is 2. The molecule has 0 aromatic rings. The number of carbonyl (C=O) groups is 2. The number of allylic oxidation sites excluding steroid dienone is 5. The quantitative estimate of drug-likeness (QED) is 0.0374. The summed E-state index contributed by atoms with van der Waals surface area (Å²) in [4.78, 5) is 24.1. The van der Waals surface area contributed by atoms with Crippen molar-refractivity contribution in [1.82, 2.24) is 0 Å². The maximum Gasteiger partial charge on any atom is 0.306 e. The molecule has 0 bridgehead atoms. The third-order valence-corrected chi connectivity index (χ3v) is 7.29. The molecule has 0 saturated carbocycles. The van der Waals surface area contributed by atoms with Gasteiger partial charge in [-0.05, 0) is 38.5 Å². The van der Waals surface area contributed by atoms with Crippen LogP contribution in [0.2, 0.25) is 0 Å². The molecule has 6 nitrogen and oxygen atoms in total. The second-order valence-corrected chi connectivity index (χ2v) is 11.4. The van der Waals surface area contributed by atoms with Gasteiger partial charge in [0.15, 0.2) is 6.10 Å². The number of aliphatic hydroxyl groups excluding tert-OH is 2. The van der Waals surface area contributed by atoms with Gasteiger partial charge in [0.1, 0.15) is 6.61 Å². The smallest absolute Gasteiger partial charge is 0.306 e. The fourth-order valence-corrected chi connectivity index (χ4v) is 4.62. The zero-order valence-electron chi connectivity index (χ0n) is 27.1. The van der Waals surface area contributed by atoms with Crippen LogP contribution in [0.4, 0.5) is 0 Å². The van der Waals surface area contributed by atoms with Gasteiger partial charge in [-0.2, -0.15) is 0 Å². The van der Waals surface area contributed by atoms with Gasteiger partial charge in [0.05, 0.1) is 12.7 Å². The van der Waals surface area contributed by atoms with Crippen LogP contribution in [0.5, 0.6) is 0 Å². The first kappa shape index (κ1) is 40.1. The van der Waals surface area contributed by atoms with Crippen LogP contribution in [0.1, 0.15) is 155 Å². The van der Waals surface area contributed by atoms with Crippen molar-refractivity contribution in [2.45, 2.75) is 167 Å². The van der Waals surface area contributed by atoms with Crippen molar-refractivity contribution in [3.8, 4) is 0 Å². The molecular formula is C36H64O6. The summed E-state index contributed by atoms with van der Waals surface area (Å²) in [6, 6.07) is 0. The first-order valence-electron chi connectivity index (χ1n) is 17.2. The van der Waals surface area contributed by atoms with Crippen molar-refractivity contribution in [1.29, 1.82) is 0 Å². The third-order valence-electron chi connectivity index (χ3n) is 7.29. The lowest BCUT2D eigenvalue weighted by molar-refractivity contribution is -0.161. The van der Waals surface area contributed by atoms with Gasteiger partial charge in [-0.1, -0.05) is 140 Å². The summed E-state index contributed by atoms with van der Waals surface area (Å²) in [5, 5.41) is 19.6. The number of unbranched alkanes of at least 4 members (excludes halogenated alkanes) is 15. The standard InChI is InChI=1S/C36H64O6/c1-3-5-7-9-11-13-15-16-17-18-20-22-24-27-33(38)28-26-30-36(40)42-34(31-37)32-41-35(39)29-25-23-21-19-14-12-10-8-6-4-2/h16-17,20,22,24,27,33-34,37-38H,3-15,18-19,21,23,25-26,28-32H2,1-2H3/b17-16+,22-20+,27-24+/t33?,34-/m0/s1. The van der Waals surface area contributed by atoms with E-state index in [0.29, 0.717) is 19.3 Å². The zero-order valence-corrected chi connectivity index (χ0v) is 27.1. The summed E-state index contributed by atoms with van der Waals surface area (Å²) in [5.41, 5.74) is 0. The Morgan fingerprint density at radius 3 is 1.86 bits per heavy atom. The molecule has 0 aromatic carbocycles. The molecule has 0 spiro atoms. The van der Waals surface area contributed by atoms with E-state index < -0.39 is 24.8 Å². The number of ether oxygens (including phenoxy) is 2. The van der Waals surface area contributed by atoms with Crippen molar-refractivity contribution < 1.29 is 29.3 Å². The average molecular weight is 593 g/mol. The van der Waals surface area contributed by atoms with Crippen molar-refractivity contribution >= 4 is 11.9 Å². The van der Waals surface area contributed by atoms with Gasteiger partial charge in [-0.15, -0.1) is 0 Å². The van der Waals surface area contributed by atoms with Crippen LogP contribution in [0.25, 0.3) is 0 Å². The molecule has 1 unspecified atom stereocenters. The number of hydrogen-bond acceptors (Lipinski definition) is 6. The van der Waals surface area contributed by atoms with E-state index in [1.165, 1.54) is 83.5 Å². The largest absolute Gasteiger partial charge is 0.462 e. The van der Waals surface area contributed by atoms with Crippen LogP contribution < -0.4 is 0 Å². The molecule has 0 aromatic heterocycles. The highest BCUT2D eigenvalue weighted by molar-refractivity contribution is 5.70. The molecule has 0 fully saturated rings. The third kappa shape index (κ3) is 29.6. The molecule has 2 atom stereocenters. The van der Waals surface area contributed by atoms with Gasteiger partial charge >= 0.3 is 11.9 Å². The summed E-state index contributed by atoms with van der Waals surface area (Å²) in [7, 11) is 0. The summed E-state index contributed by atoms with van der Waals surface area (Å²) in [6.45, 7) is 3.94. The van der Waals surface area contributed by atoms with Gasteiger partial charge < -0.3 is 19.7 Å². The van der Waals surface area contributed by atoms with Crippen molar-refractivity contribution in [2.75, 3.05) is 13.2 Å². The van der Waals surface area contributed by atoms with Gasteiger partial charge in [-0.3, -0.25) is 9.59 Å². The van der Waals surface area contributed by atoms with E-state index in [9.17, 15) is 19.8 Å². The van der Waals surface area contributed by atoms with E-state index >= 15 is 0 Å². The molecule has 42 heavy (non-hydrogen) atoms. The summed E-state index contributed by atoms with van der Waals surface area (Å²) < 4.78 is 10.4. The van der Waals surface area contributed by atoms with E-state index in [1.54, 1.807) is 6.08 Å². The summed E-state index contributed by atoms with van der Waals surface area (Å²) >= 11 is 0. The zero-order chi connectivity index (χ0) is 30.9. The van der Waals surface area contributed by atoms with Gasteiger partial charge in [0, 0.05) is 12.8 Å². The Morgan fingerprint density at radius 2 is 1.24 bits per heavy atom. The van der Waals surface area contributed by atoms with E-state index in [0.717, 1.165) is 32.1 Å². The lowest BCUT2D eigenvalue weighted by Crippen LogP contribution is -2.28. The van der Waals surface area contributed by atoms with Crippen LogP contribution in [-0.4, -0.2) is 47.6 Å². The Hall–Kier alpha value is -1.92. The first-order valence-corrected chi connectivity index (χ1v) is 17.2. The Labute approximate surface area is 258 Å². The maximum absolute atomic E-state index is 12.1. The van der Waals surface area contributed by atoms with Crippen LogP contribution in [-0.2, 0) is 19.1 Å². The predicted octanol–water partition coefficient (Wildman–Crippen LogP) is 9.09. The highest BCUT2D eigenvalue weighted by Crippen LogP contribution is 2.12. The maximum atomic E-state index is 12.1. The summed E-state index contributed by atoms with van der Waals surface area (Å²) in [5.74, 6) is -0.791. The van der Waals surface area contributed by atoms with Crippen LogP contribution in [0.3, 0.4) is 0 Å². The molecule has 0 radical (unpaired) electrons. The van der Waals surface area contributed by atoms with Crippen molar-refractivity contribution in [3.05, 3.63) is 36.5 Å². The number of rotatable bonds is 30. The molecule has 0 rings (SSSR count). The van der Waals surface area contributed by atoms with Gasteiger partial charge in [-0.25, -0.2) is 0 Å². The Morgan fingerprint density at radius 1 is 0.667 bits per heavy atom. The lowest BCUT2D eigenvalue weighted by Gasteiger charge is -2.16. The summed E-state index contributed by atoms with van der Waals surface area (Å²) in [6.07, 6.45) is 33.8. The molecule has 0 saturated heterocycles. The Kier molecular flexibility index (Phi) is 30.5. The van der Waals surface area contributed by atoms with E-state index in [1.807, 2.05) is 12.2 Å². The molecule has 0 aliphatic rings. The molecule has 6 heteroatoms. The van der Waals surface area contributed by atoms with Crippen LogP contribution >= 0.6 is 0 Å². The van der Waals surface area contributed by atoms with E-state index in [4.69, 9.17) is 9.47 Å². The number of carbonyl (C=O) groups excluding carboxylic acids is 2. The van der Waals surface area contributed by atoms with Crippen molar-refractivity contribution in [3.63, 3.8) is 0 Å². The second kappa shape index (κ2) is 32.0. The number of aliphatic hydroxyl groups is 2. The topological polar surface area (TPSA) is 93.1 Å². The Balaban J connectivity index is 3.81.